The van der Waals surface area contributed by atoms with Crippen LogP contribution < -0.4 is 10.1 Å². The zero-order valence-electron chi connectivity index (χ0n) is 10.1. The molecular formula is C13H17ClN2O2. The van der Waals surface area contributed by atoms with Crippen molar-refractivity contribution in [3.05, 3.63) is 28.8 Å². The summed E-state index contributed by atoms with van der Waals surface area (Å²) in [4.78, 5) is 2.06. The van der Waals surface area contributed by atoms with Crippen LogP contribution in [0.3, 0.4) is 0 Å². The Kier molecular flexibility index (Phi) is 3.43. The van der Waals surface area contributed by atoms with Crippen LogP contribution in [0, 0.1) is 0 Å². The molecule has 2 N–H and O–H groups in total. The Morgan fingerprint density at radius 3 is 2.94 bits per heavy atom. The summed E-state index contributed by atoms with van der Waals surface area (Å²) in [5.41, 5.74) is 1.08. The van der Waals surface area contributed by atoms with Gasteiger partial charge < -0.3 is 15.2 Å². The summed E-state index contributed by atoms with van der Waals surface area (Å²) in [6.07, 6.45) is -0.00380. The second-order valence-corrected chi connectivity index (χ2v) is 5.25. The highest BCUT2D eigenvalue weighted by Crippen LogP contribution is 2.32. The minimum Gasteiger partial charge on any atom is -0.486 e. The largest absolute Gasteiger partial charge is 0.486 e. The van der Waals surface area contributed by atoms with Crippen molar-refractivity contribution < 1.29 is 9.84 Å². The molecule has 0 bridgehead atoms. The van der Waals surface area contributed by atoms with Crippen molar-refractivity contribution in [1.29, 1.82) is 0 Å². The van der Waals surface area contributed by atoms with Gasteiger partial charge in [0.05, 0.1) is 0 Å². The van der Waals surface area contributed by atoms with Crippen molar-refractivity contribution in [2.75, 3.05) is 26.2 Å². The number of halogens is 1. The fourth-order valence-corrected chi connectivity index (χ4v) is 2.79. The number of nitrogens with zero attached hydrogens (tertiary/aromatic N) is 1. The lowest BCUT2D eigenvalue weighted by Crippen LogP contribution is -2.53. The summed E-state index contributed by atoms with van der Waals surface area (Å²) in [5.74, 6) is 0.846. The van der Waals surface area contributed by atoms with Crippen molar-refractivity contribution in [3.8, 4) is 5.75 Å². The maximum absolute atomic E-state index is 10.4. The van der Waals surface area contributed by atoms with Gasteiger partial charge in [0, 0.05) is 37.6 Å². The van der Waals surface area contributed by atoms with E-state index in [9.17, 15) is 5.11 Å². The smallest absolute Gasteiger partial charge is 0.145 e. The van der Waals surface area contributed by atoms with Crippen molar-refractivity contribution in [3.63, 3.8) is 0 Å². The number of benzene rings is 1. The number of hydrogen-bond acceptors (Lipinski definition) is 4. The maximum atomic E-state index is 10.4. The van der Waals surface area contributed by atoms with Crippen LogP contribution in [0.4, 0.5) is 0 Å². The Hall–Kier alpha value is -0.810. The molecule has 2 heterocycles. The molecule has 0 saturated carbocycles. The normalized spacial score (nSPS) is 25.6. The first kappa shape index (κ1) is 12.2. The molecule has 1 aromatic carbocycles. The van der Waals surface area contributed by atoms with Crippen LogP contribution in [0.1, 0.15) is 5.56 Å². The number of hydrogen-bond donors (Lipinski definition) is 2. The second-order valence-electron chi connectivity index (χ2n) is 4.81. The summed E-state index contributed by atoms with van der Waals surface area (Å²) in [5, 5.41) is 14.3. The predicted octanol–water partition coefficient (Wildman–Crippen LogP) is 0.867. The van der Waals surface area contributed by atoms with Crippen LogP contribution in [0.25, 0.3) is 0 Å². The van der Waals surface area contributed by atoms with E-state index in [0.717, 1.165) is 48.9 Å². The van der Waals surface area contributed by atoms with E-state index in [1.54, 1.807) is 0 Å². The van der Waals surface area contributed by atoms with E-state index in [1.165, 1.54) is 0 Å². The zero-order valence-corrected chi connectivity index (χ0v) is 10.9. The Balaban J connectivity index is 1.69. The minimum absolute atomic E-state index is 0.184. The molecule has 2 aliphatic rings. The quantitative estimate of drug-likeness (QED) is 0.835. The highest BCUT2D eigenvalue weighted by molar-refractivity contribution is 6.30. The molecule has 1 aromatic rings. The third kappa shape index (κ3) is 2.34. The van der Waals surface area contributed by atoms with Crippen LogP contribution in [0.15, 0.2) is 18.2 Å². The number of aliphatic hydroxyl groups excluding tert-OH is 1. The highest BCUT2D eigenvalue weighted by atomic mass is 35.5. The van der Waals surface area contributed by atoms with Crippen LogP contribution in [0.5, 0.6) is 5.75 Å². The first-order chi connectivity index (χ1) is 8.74. The van der Waals surface area contributed by atoms with Gasteiger partial charge in [0.15, 0.2) is 0 Å². The molecule has 1 fully saturated rings. The second kappa shape index (κ2) is 5.05. The van der Waals surface area contributed by atoms with Crippen molar-refractivity contribution >= 4 is 11.6 Å². The SMILES string of the molecule is OC(C1Cc2cc(Cl)ccc2O1)N1CCNCC1. The molecule has 0 radical (unpaired) electrons. The van der Waals surface area contributed by atoms with Crippen molar-refractivity contribution in [2.45, 2.75) is 18.8 Å². The van der Waals surface area contributed by atoms with Crippen molar-refractivity contribution in [1.82, 2.24) is 10.2 Å². The molecule has 4 nitrogen and oxygen atoms in total. The monoisotopic (exact) mass is 268 g/mol. The molecule has 2 unspecified atom stereocenters. The number of nitrogens with one attached hydrogen (secondary N) is 1. The van der Waals surface area contributed by atoms with Gasteiger partial charge in [0.2, 0.25) is 0 Å². The van der Waals surface area contributed by atoms with Gasteiger partial charge in [-0.2, -0.15) is 0 Å². The van der Waals surface area contributed by atoms with E-state index in [1.807, 2.05) is 18.2 Å². The van der Waals surface area contributed by atoms with E-state index >= 15 is 0 Å². The number of aliphatic hydroxyl groups is 1. The molecule has 2 atom stereocenters. The lowest BCUT2D eigenvalue weighted by atomic mass is 10.1. The van der Waals surface area contributed by atoms with Gasteiger partial charge in [-0.05, 0) is 23.8 Å². The summed E-state index contributed by atoms with van der Waals surface area (Å²) in [7, 11) is 0. The van der Waals surface area contributed by atoms with Crippen LogP contribution in [-0.4, -0.2) is 48.5 Å². The zero-order chi connectivity index (χ0) is 12.5. The van der Waals surface area contributed by atoms with Crippen molar-refractivity contribution in [2.24, 2.45) is 0 Å². The minimum atomic E-state index is -0.543. The summed E-state index contributed by atoms with van der Waals surface area (Å²) < 4.78 is 5.81. The Bertz CT molecular complexity index is 435. The summed E-state index contributed by atoms with van der Waals surface area (Å²) in [6.45, 7) is 3.56. The first-order valence-corrected chi connectivity index (χ1v) is 6.70. The fraction of sp³-hybridized carbons (Fsp3) is 0.538. The Morgan fingerprint density at radius 1 is 1.39 bits per heavy atom. The Labute approximate surface area is 111 Å². The molecular weight excluding hydrogens is 252 g/mol. The standard InChI is InChI=1S/C13H17ClN2O2/c14-10-1-2-11-9(7-10)8-12(18-11)13(17)16-5-3-15-4-6-16/h1-2,7,12-13,15,17H,3-6,8H2. The van der Waals surface area contributed by atoms with Gasteiger partial charge in [-0.1, -0.05) is 11.6 Å². The average Bonchev–Trinajstić information content (AvgIpc) is 2.81. The van der Waals surface area contributed by atoms with E-state index < -0.39 is 6.23 Å². The topological polar surface area (TPSA) is 44.7 Å². The Morgan fingerprint density at radius 2 is 2.17 bits per heavy atom. The van der Waals surface area contributed by atoms with Gasteiger partial charge in [-0.3, -0.25) is 4.90 Å². The molecule has 2 aliphatic heterocycles. The number of rotatable bonds is 2. The van der Waals surface area contributed by atoms with Gasteiger partial charge in [-0.25, -0.2) is 0 Å². The molecule has 0 aliphatic carbocycles. The van der Waals surface area contributed by atoms with Gasteiger partial charge >= 0.3 is 0 Å². The summed E-state index contributed by atoms with van der Waals surface area (Å²) in [6, 6.07) is 5.61. The average molecular weight is 269 g/mol. The third-order valence-electron chi connectivity index (χ3n) is 3.58. The van der Waals surface area contributed by atoms with E-state index in [2.05, 4.69) is 10.2 Å². The lowest BCUT2D eigenvalue weighted by Gasteiger charge is -2.34. The molecule has 3 rings (SSSR count). The molecule has 1 saturated heterocycles. The molecule has 5 heteroatoms. The van der Waals surface area contributed by atoms with E-state index in [4.69, 9.17) is 16.3 Å². The van der Waals surface area contributed by atoms with E-state index in [0.29, 0.717) is 0 Å². The molecule has 0 aromatic heterocycles. The number of fused-ring (bicyclic) bond motifs is 1. The first-order valence-electron chi connectivity index (χ1n) is 6.32. The third-order valence-corrected chi connectivity index (χ3v) is 3.82. The van der Waals surface area contributed by atoms with Crippen LogP contribution in [0.2, 0.25) is 5.02 Å². The van der Waals surface area contributed by atoms with Crippen LogP contribution >= 0.6 is 11.6 Å². The highest BCUT2D eigenvalue weighted by Gasteiger charge is 2.33. The maximum Gasteiger partial charge on any atom is 0.145 e. The van der Waals surface area contributed by atoms with Gasteiger partial charge in [-0.15, -0.1) is 0 Å². The molecule has 0 amide bonds. The van der Waals surface area contributed by atoms with Gasteiger partial charge in [0.1, 0.15) is 18.1 Å². The lowest BCUT2D eigenvalue weighted by molar-refractivity contribution is -0.0693. The van der Waals surface area contributed by atoms with Crippen LogP contribution in [-0.2, 0) is 6.42 Å². The number of ether oxygens (including phenoxy) is 1. The fourth-order valence-electron chi connectivity index (χ4n) is 2.59. The molecule has 0 spiro atoms. The predicted molar refractivity (Wildman–Crippen MR) is 70.0 cm³/mol. The van der Waals surface area contributed by atoms with Gasteiger partial charge in [0.25, 0.3) is 0 Å². The number of piperazine rings is 1. The van der Waals surface area contributed by atoms with E-state index in [-0.39, 0.29) is 6.10 Å². The summed E-state index contributed by atoms with van der Waals surface area (Å²) >= 11 is 5.96. The molecule has 98 valence electrons. The molecule has 18 heavy (non-hydrogen) atoms.